The summed E-state index contributed by atoms with van der Waals surface area (Å²) < 4.78 is 0. The van der Waals surface area contributed by atoms with Crippen LogP contribution < -0.4 is 21.7 Å². The maximum Gasteiger partial charge on any atom is 0.326 e. The largest absolute Gasteiger partial charge is 0.480 e. The first-order valence-corrected chi connectivity index (χ1v) is 9.68. The summed E-state index contributed by atoms with van der Waals surface area (Å²) in [5.74, 6) is -3.62. The molecule has 11 heteroatoms. The second kappa shape index (κ2) is 12.6. The highest BCUT2D eigenvalue weighted by Crippen LogP contribution is 2.04. The van der Waals surface area contributed by atoms with Crippen LogP contribution in [0.1, 0.15) is 34.1 Å². The number of hydrogen-bond acceptors (Lipinski definition) is 7. The number of hydrogen-bond donors (Lipinski definition) is 7. The van der Waals surface area contributed by atoms with Crippen molar-refractivity contribution < 1.29 is 29.4 Å². The van der Waals surface area contributed by atoms with Gasteiger partial charge in [-0.3, -0.25) is 14.4 Å². The van der Waals surface area contributed by atoms with Gasteiger partial charge in [0.25, 0.3) is 0 Å². The molecule has 0 fully saturated rings. The third-order valence-electron chi connectivity index (χ3n) is 3.92. The zero-order chi connectivity index (χ0) is 22.0. The van der Waals surface area contributed by atoms with E-state index in [0.717, 1.165) is 0 Å². The monoisotopic (exact) mass is 420 g/mol. The van der Waals surface area contributed by atoms with Crippen molar-refractivity contribution in [2.45, 2.75) is 58.3 Å². The smallest absolute Gasteiger partial charge is 0.326 e. The number of aliphatic hydroxyl groups excluding tert-OH is 1. The van der Waals surface area contributed by atoms with Gasteiger partial charge >= 0.3 is 5.97 Å². The number of carboxylic acid groups (broad SMARTS) is 1. The zero-order valence-corrected chi connectivity index (χ0v) is 17.5. The number of nitrogens with one attached hydrogen (secondary N) is 3. The van der Waals surface area contributed by atoms with Crippen molar-refractivity contribution in [2.75, 3.05) is 12.4 Å². The highest BCUT2D eigenvalue weighted by molar-refractivity contribution is 7.80. The van der Waals surface area contributed by atoms with Crippen LogP contribution in [-0.2, 0) is 19.2 Å². The molecule has 10 nitrogen and oxygen atoms in total. The number of aliphatic hydroxyl groups is 1. The van der Waals surface area contributed by atoms with E-state index in [-0.39, 0.29) is 11.7 Å². The Labute approximate surface area is 170 Å². The summed E-state index contributed by atoms with van der Waals surface area (Å²) >= 11 is 4.02. The fourth-order valence-electron chi connectivity index (χ4n) is 2.32. The van der Waals surface area contributed by atoms with E-state index in [4.69, 9.17) is 10.8 Å². The lowest BCUT2D eigenvalue weighted by Gasteiger charge is -2.24. The van der Waals surface area contributed by atoms with Gasteiger partial charge in [-0.05, 0) is 18.3 Å². The molecule has 162 valence electrons. The summed E-state index contributed by atoms with van der Waals surface area (Å²) in [5, 5.41) is 25.6. The van der Waals surface area contributed by atoms with Gasteiger partial charge in [0.05, 0.1) is 12.6 Å². The third-order valence-corrected chi connectivity index (χ3v) is 4.29. The van der Waals surface area contributed by atoms with Crippen LogP contribution in [0.3, 0.4) is 0 Å². The number of rotatable bonds is 12. The lowest BCUT2D eigenvalue weighted by Crippen LogP contribution is -2.59. The molecule has 0 aromatic carbocycles. The van der Waals surface area contributed by atoms with E-state index >= 15 is 0 Å². The van der Waals surface area contributed by atoms with Gasteiger partial charge in [-0.1, -0.05) is 27.7 Å². The molecule has 28 heavy (non-hydrogen) atoms. The number of carboxylic acids is 1. The zero-order valence-electron chi connectivity index (χ0n) is 16.6. The fraction of sp³-hybridized carbons (Fsp3) is 0.765. The average Bonchev–Trinajstić information content (AvgIpc) is 2.59. The predicted molar refractivity (Wildman–Crippen MR) is 107 cm³/mol. The van der Waals surface area contributed by atoms with Crippen LogP contribution in [0.5, 0.6) is 0 Å². The van der Waals surface area contributed by atoms with Crippen LogP contribution in [0, 0.1) is 11.8 Å². The SMILES string of the molecule is CC(C)CC(N)C(=O)NC(CS)C(=O)NC(CO)C(=O)NC(C(=O)O)C(C)C. The first-order chi connectivity index (χ1) is 12.9. The Bertz CT molecular complexity index is 558. The van der Waals surface area contributed by atoms with Gasteiger partial charge in [-0.15, -0.1) is 0 Å². The molecule has 0 rings (SSSR count). The lowest BCUT2D eigenvalue weighted by molar-refractivity contribution is -0.143. The molecule has 0 aromatic heterocycles. The summed E-state index contributed by atoms with van der Waals surface area (Å²) in [6, 6.07) is -4.42. The Morgan fingerprint density at radius 3 is 1.82 bits per heavy atom. The standard InChI is InChI=1S/C17H32N4O6S/c1-8(2)5-10(18)14(23)20-12(7-28)16(25)19-11(6-22)15(24)21-13(9(3)4)17(26)27/h8-13,22,28H,5-7,18H2,1-4H3,(H,19,25)(H,20,23)(H,21,24)(H,26,27). The van der Waals surface area contributed by atoms with Crippen molar-refractivity contribution in [1.82, 2.24) is 16.0 Å². The summed E-state index contributed by atoms with van der Waals surface area (Å²) in [6.45, 7) is 6.28. The Morgan fingerprint density at radius 1 is 0.929 bits per heavy atom. The van der Waals surface area contributed by atoms with Gasteiger partial charge in [0.1, 0.15) is 18.1 Å². The highest BCUT2D eigenvalue weighted by atomic mass is 32.1. The number of amides is 3. The van der Waals surface area contributed by atoms with E-state index in [1.165, 1.54) is 0 Å². The van der Waals surface area contributed by atoms with Gasteiger partial charge in [-0.2, -0.15) is 12.6 Å². The van der Waals surface area contributed by atoms with Gasteiger partial charge < -0.3 is 31.9 Å². The quantitative estimate of drug-likeness (QED) is 0.188. The normalized spacial score (nSPS) is 15.5. The molecule has 0 spiro atoms. The Hall–Kier alpha value is -1.85. The van der Waals surface area contributed by atoms with E-state index < -0.39 is 60.4 Å². The first kappa shape index (κ1) is 26.1. The molecular formula is C17H32N4O6S. The molecule has 0 aromatic rings. The summed E-state index contributed by atoms with van der Waals surface area (Å²) in [6.07, 6.45) is 0.431. The first-order valence-electron chi connectivity index (χ1n) is 9.05. The van der Waals surface area contributed by atoms with Crippen molar-refractivity contribution in [3.05, 3.63) is 0 Å². The van der Waals surface area contributed by atoms with Crippen LogP contribution in [0.2, 0.25) is 0 Å². The second-order valence-electron chi connectivity index (χ2n) is 7.29. The Morgan fingerprint density at radius 2 is 1.43 bits per heavy atom. The molecule has 0 heterocycles. The maximum atomic E-state index is 12.4. The van der Waals surface area contributed by atoms with E-state index in [9.17, 15) is 24.3 Å². The molecule has 0 aliphatic heterocycles. The second-order valence-corrected chi connectivity index (χ2v) is 7.66. The molecule has 0 saturated heterocycles. The Kier molecular flexibility index (Phi) is 11.7. The molecule has 0 bridgehead atoms. The number of thiol groups is 1. The molecule has 4 unspecified atom stereocenters. The predicted octanol–water partition coefficient (Wildman–Crippen LogP) is -1.52. The molecule has 0 aliphatic rings. The minimum atomic E-state index is -1.38. The van der Waals surface area contributed by atoms with Crippen LogP contribution in [-0.4, -0.2) is 70.4 Å². The minimum absolute atomic E-state index is 0.0600. The van der Waals surface area contributed by atoms with Crippen LogP contribution in [0.4, 0.5) is 0 Å². The summed E-state index contributed by atoms with van der Waals surface area (Å²) in [4.78, 5) is 47.9. The number of nitrogens with two attached hydrogens (primary N) is 1. The summed E-state index contributed by atoms with van der Waals surface area (Å²) in [7, 11) is 0. The number of carbonyl (C=O) groups is 4. The molecule has 0 saturated carbocycles. The van der Waals surface area contributed by atoms with E-state index in [2.05, 4.69) is 28.6 Å². The van der Waals surface area contributed by atoms with Gasteiger partial charge in [0.15, 0.2) is 0 Å². The number of carbonyl (C=O) groups excluding carboxylic acids is 3. The third kappa shape index (κ3) is 8.89. The fourth-order valence-corrected chi connectivity index (χ4v) is 2.58. The van der Waals surface area contributed by atoms with Crippen LogP contribution >= 0.6 is 12.6 Å². The molecular weight excluding hydrogens is 388 g/mol. The van der Waals surface area contributed by atoms with Crippen LogP contribution in [0.15, 0.2) is 0 Å². The van der Waals surface area contributed by atoms with E-state index in [0.29, 0.717) is 6.42 Å². The highest BCUT2D eigenvalue weighted by Gasteiger charge is 2.30. The Balaban J connectivity index is 4.97. The maximum absolute atomic E-state index is 12.4. The van der Waals surface area contributed by atoms with Crippen molar-refractivity contribution >= 4 is 36.3 Å². The molecule has 0 aliphatic carbocycles. The number of aliphatic carboxylic acids is 1. The molecule has 7 N–H and O–H groups in total. The van der Waals surface area contributed by atoms with E-state index in [1.54, 1.807) is 13.8 Å². The van der Waals surface area contributed by atoms with E-state index in [1.807, 2.05) is 13.8 Å². The average molecular weight is 421 g/mol. The lowest BCUT2D eigenvalue weighted by atomic mass is 10.0. The van der Waals surface area contributed by atoms with Gasteiger partial charge in [-0.25, -0.2) is 4.79 Å². The molecule has 0 radical (unpaired) electrons. The molecule has 4 atom stereocenters. The van der Waals surface area contributed by atoms with Gasteiger partial charge in [0.2, 0.25) is 17.7 Å². The van der Waals surface area contributed by atoms with Gasteiger partial charge in [0, 0.05) is 5.75 Å². The van der Waals surface area contributed by atoms with Crippen molar-refractivity contribution in [2.24, 2.45) is 17.6 Å². The summed E-state index contributed by atoms with van der Waals surface area (Å²) in [5.41, 5.74) is 5.78. The minimum Gasteiger partial charge on any atom is -0.480 e. The van der Waals surface area contributed by atoms with Crippen molar-refractivity contribution in [3.8, 4) is 0 Å². The van der Waals surface area contributed by atoms with Crippen LogP contribution in [0.25, 0.3) is 0 Å². The molecule has 3 amide bonds. The van der Waals surface area contributed by atoms with Crippen molar-refractivity contribution in [1.29, 1.82) is 0 Å². The van der Waals surface area contributed by atoms with Crippen molar-refractivity contribution in [3.63, 3.8) is 0 Å². The topological polar surface area (TPSA) is 171 Å².